The summed E-state index contributed by atoms with van der Waals surface area (Å²) >= 11 is 0. The van der Waals surface area contributed by atoms with Crippen molar-refractivity contribution in [2.45, 2.75) is 0 Å². The number of hydrogen-bond acceptors (Lipinski definition) is 0. The molecule has 1 radical (unpaired) electrons. The van der Waals surface area contributed by atoms with Gasteiger partial charge in [0.15, 0.2) is 0 Å². The van der Waals surface area contributed by atoms with Crippen molar-refractivity contribution < 1.29 is 49.9 Å². The summed E-state index contributed by atoms with van der Waals surface area (Å²) in [6, 6.07) is 0. The van der Waals surface area contributed by atoms with Crippen molar-refractivity contribution in [3.63, 3.8) is 0 Å². The van der Waals surface area contributed by atoms with Gasteiger partial charge in [0.2, 0.25) is 0 Å². The largest absolute Gasteiger partial charge is 0.412 e. The first kappa shape index (κ1) is 505. The first-order valence-corrected chi connectivity index (χ1v) is 0. The zero-order valence-electron chi connectivity index (χ0n) is 3.79. The van der Waals surface area contributed by atoms with Gasteiger partial charge in [-0.2, -0.15) is 0 Å². The van der Waals surface area contributed by atoms with E-state index in [9.17, 15) is 0 Å². The van der Waals surface area contributed by atoms with Crippen molar-refractivity contribution in [2.75, 3.05) is 0 Å². The van der Waals surface area contributed by atoms with Crippen LogP contribution in [0.3, 0.4) is 0 Å². The molecule has 0 heterocycles. The van der Waals surface area contributed by atoms with Gasteiger partial charge >= 0.3 is 23.1 Å². The molecule has 0 atom stereocenters. The van der Waals surface area contributed by atoms with Crippen LogP contribution in [0.25, 0.3) is 0 Å². The van der Waals surface area contributed by atoms with Crippen LogP contribution >= 0.6 is 12.4 Å². The van der Waals surface area contributed by atoms with Gasteiger partial charge in [0.05, 0.1) is 0 Å². The van der Waals surface area contributed by atoms with E-state index in [1.165, 1.54) is 0 Å². The summed E-state index contributed by atoms with van der Waals surface area (Å²) in [5.41, 5.74) is 0. The smallest absolute Gasteiger partial charge is 0.316 e. The second-order valence-electron chi connectivity index (χ2n) is 0. The SMILES string of the molecule is Cl.O.O.O.O.O.O.[MgH2].[Mn]. The van der Waals surface area contributed by atoms with E-state index in [4.69, 9.17) is 0 Å². The number of rotatable bonds is 0. The summed E-state index contributed by atoms with van der Waals surface area (Å²) < 4.78 is 0. The Bertz CT molecular complexity index is 13.0. The van der Waals surface area contributed by atoms with E-state index in [0.29, 0.717) is 0 Å². The van der Waals surface area contributed by atoms with Crippen LogP contribution in [0.1, 0.15) is 0 Å². The van der Waals surface area contributed by atoms with Gasteiger partial charge < -0.3 is 32.9 Å². The van der Waals surface area contributed by atoms with Gasteiger partial charge in [-0.05, 0) is 0 Å². The normalized spacial score (nSPS) is 0. The molecule has 0 bridgehead atoms. The Morgan fingerprint density at radius 3 is 0.444 bits per heavy atom. The van der Waals surface area contributed by atoms with E-state index in [2.05, 4.69) is 0 Å². The fourth-order valence-corrected chi connectivity index (χ4v) is 0. The third-order valence-corrected chi connectivity index (χ3v) is 0. The van der Waals surface area contributed by atoms with Crippen LogP contribution in [-0.2, 0) is 17.1 Å². The van der Waals surface area contributed by atoms with Gasteiger partial charge in [-0.1, -0.05) is 0 Å². The second kappa shape index (κ2) is 364. The Morgan fingerprint density at radius 2 is 0.444 bits per heavy atom. The third-order valence-electron chi connectivity index (χ3n) is 0. The predicted octanol–water partition coefficient (Wildman–Crippen LogP) is -5.45. The quantitative estimate of drug-likeness (QED) is 0.356. The average Bonchev–Trinajstić information content (AvgIpc) is 0. The molecule has 9 heteroatoms. The van der Waals surface area contributed by atoms with Crippen molar-refractivity contribution in [3.8, 4) is 0 Å². The van der Waals surface area contributed by atoms with Gasteiger partial charge in [-0.3, -0.25) is 0 Å². The summed E-state index contributed by atoms with van der Waals surface area (Å²) in [6.07, 6.45) is 0. The van der Waals surface area contributed by atoms with Gasteiger partial charge in [0, 0.05) is 17.1 Å². The minimum Gasteiger partial charge on any atom is -0.412 e. The van der Waals surface area contributed by atoms with Crippen molar-refractivity contribution in [2.24, 2.45) is 0 Å². The molecule has 12 N–H and O–H groups in total. The van der Waals surface area contributed by atoms with E-state index in [1.807, 2.05) is 0 Å². The molecule has 0 aromatic heterocycles. The summed E-state index contributed by atoms with van der Waals surface area (Å²) in [6.45, 7) is 0. The Labute approximate surface area is 85.3 Å². The van der Waals surface area contributed by atoms with Gasteiger partial charge in [0.25, 0.3) is 0 Å². The fraction of sp³-hybridized carbons (Fsp3) is 0. The van der Waals surface area contributed by atoms with Crippen molar-refractivity contribution in [1.82, 2.24) is 0 Å². The monoisotopic (exact) mass is 225 g/mol. The molecule has 0 saturated carbocycles. The maximum absolute atomic E-state index is 0. The number of halogens is 1. The molecule has 0 aromatic carbocycles. The molecule has 0 spiro atoms. The summed E-state index contributed by atoms with van der Waals surface area (Å²) in [4.78, 5) is 0. The van der Waals surface area contributed by atoms with Gasteiger partial charge in [-0.15, -0.1) is 12.4 Å². The van der Waals surface area contributed by atoms with E-state index in [-0.39, 0.29) is 85.4 Å². The summed E-state index contributed by atoms with van der Waals surface area (Å²) in [7, 11) is 0. The Morgan fingerprint density at radius 1 is 0.444 bits per heavy atom. The molecule has 0 rings (SSSR count). The topological polar surface area (TPSA) is 189 Å². The Hall–Kier alpha value is 1.34. The molecule has 0 fully saturated rings. The van der Waals surface area contributed by atoms with Crippen LogP contribution in [0.2, 0.25) is 0 Å². The predicted molar refractivity (Wildman–Crippen MR) is 37.5 cm³/mol. The first-order chi connectivity index (χ1) is 0. The van der Waals surface area contributed by atoms with Crippen molar-refractivity contribution in [3.05, 3.63) is 0 Å². The van der Waals surface area contributed by atoms with Crippen LogP contribution in [0, 0.1) is 0 Å². The molecule has 0 saturated heterocycles. The van der Waals surface area contributed by atoms with E-state index in [0.717, 1.165) is 0 Å². The first-order valence-electron chi connectivity index (χ1n) is 0. The van der Waals surface area contributed by atoms with Gasteiger partial charge in [-0.25, -0.2) is 0 Å². The molecule has 0 aliphatic rings. The molecule has 0 aliphatic carbocycles. The van der Waals surface area contributed by atoms with Crippen LogP contribution in [0.15, 0.2) is 0 Å². The maximum Gasteiger partial charge on any atom is 0.316 e. The molecule has 9 heavy (non-hydrogen) atoms. The zero-order chi connectivity index (χ0) is 0. The van der Waals surface area contributed by atoms with Crippen LogP contribution in [0.5, 0.6) is 0 Å². The molecule has 0 aromatic rings. The number of hydrogen-bond donors (Lipinski definition) is 0. The molecular formula is H15ClMgMnO6. The molecule has 0 unspecified atom stereocenters. The fourth-order valence-electron chi connectivity index (χ4n) is 0. The zero-order valence-corrected chi connectivity index (χ0v) is 5.78. The minimum atomic E-state index is 0. The molecule has 0 aliphatic heterocycles. The Kier molecular flexibility index (Phi) is 20400. The maximum atomic E-state index is 0. The molecule has 0 amide bonds. The van der Waals surface area contributed by atoms with Crippen molar-refractivity contribution in [1.29, 1.82) is 0 Å². The van der Waals surface area contributed by atoms with E-state index < -0.39 is 0 Å². The molecule has 67 valence electrons. The van der Waals surface area contributed by atoms with Gasteiger partial charge in [0.1, 0.15) is 0 Å². The summed E-state index contributed by atoms with van der Waals surface area (Å²) in [5.74, 6) is 0. The standard InChI is InChI=1S/ClH.Mg.Mn.6H2O.2H/h1H;;;6*1H2;;. The Balaban J connectivity index is 0. The van der Waals surface area contributed by atoms with Crippen LogP contribution < -0.4 is 0 Å². The molecular weight excluding hydrogens is 211 g/mol. The van der Waals surface area contributed by atoms with E-state index >= 15 is 0 Å². The minimum absolute atomic E-state index is 0. The average molecular weight is 226 g/mol. The second-order valence-corrected chi connectivity index (χ2v) is 0. The van der Waals surface area contributed by atoms with Crippen LogP contribution in [0.4, 0.5) is 0 Å². The van der Waals surface area contributed by atoms with E-state index in [1.54, 1.807) is 0 Å². The van der Waals surface area contributed by atoms with Crippen LogP contribution in [-0.4, -0.2) is 55.9 Å². The summed E-state index contributed by atoms with van der Waals surface area (Å²) in [5, 5.41) is 0. The third kappa shape index (κ3) is 282. The molecule has 6 nitrogen and oxygen atoms in total. The van der Waals surface area contributed by atoms with Crippen molar-refractivity contribution >= 4 is 35.5 Å².